The van der Waals surface area contributed by atoms with E-state index in [9.17, 15) is 0 Å². The van der Waals surface area contributed by atoms with Crippen LogP contribution in [0, 0.1) is 0 Å². The number of rotatable bonds is 5. The Hall–Kier alpha value is -2.01. The molecule has 4 heteroatoms. The van der Waals surface area contributed by atoms with Crippen molar-refractivity contribution in [1.29, 1.82) is 0 Å². The Labute approximate surface area is 153 Å². The van der Waals surface area contributed by atoms with Crippen molar-refractivity contribution >= 4 is 27.6 Å². The summed E-state index contributed by atoms with van der Waals surface area (Å²) in [6.45, 7) is 6.51. The second-order valence-corrected chi connectivity index (χ2v) is 7.58. The highest BCUT2D eigenvalue weighted by Crippen LogP contribution is 2.23. The average molecular weight is 350 g/mol. The van der Waals surface area contributed by atoms with Gasteiger partial charge in [-0.15, -0.1) is 11.3 Å². The van der Waals surface area contributed by atoms with Crippen LogP contribution in [0.15, 0.2) is 60.7 Å². The minimum atomic E-state index is 0.979. The van der Waals surface area contributed by atoms with Crippen LogP contribution in [0.25, 0.3) is 16.3 Å². The van der Waals surface area contributed by atoms with Crippen molar-refractivity contribution in [2.45, 2.75) is 6.54 Å². The number of aromatic nitrogens is 1. The lowest BCUT2D eigenvalue weighted by Crippen LogP contribution is -2.45. The van der Waals surface area contributed by atoms with E-state index in [0.717, 1.165) is 44.8 Å². The zero-order valence-electron chi connectivity index (χ0n) is 14.3. The van der Waals surface area contributed by atoms with Gasteiger partial charge in [-0.2, -0.15) is 0 Å². The van der Waals surface area contributed by atoms with Crippen LogP contribution < -0.4 is 0 Å². The third kappa shape index (κ3) is 4.34. The maximum atomic E-state index is 4.76. The summed E-state index contributed by atoms with van der Waals surface area (Å²) in [7, 11) is 0. The van der Waals surface area contributed by atoms with Crippen LogP contribution in [0.3, 0.4) is 0 Å². The molecule has 0 spiro atoms. The monoisotopic (exact) mass is 349 g/mol. The molecule has 0 bridgehead atoms. The van der Waals surface area contributed by atoms with E-state index in [2.05, 4.69) is 76.5 Å². The SMILES string of the molecule is C(=C\c1ccccc1)/CN1CCN(Cc2nc3ccccc3s2)CC1. The van der Waals surface area contributed by atoms with E-state index in [4.69, 9.17) is 4.98 Å². The minimum Gasteiger partial charge on any atom is -0.297 e. The van der Waals surface area contributed by atoms with Gasteiger partial charge in [0, 0.05) is 32.7 Å². The highest BCUT2D eigenvalue weighted by atomic mass is 32.1. The van der Waals surface area contributed by atoms with Gasteiger partial charge in [0.25, 0.3) is 0 Å². The van der Waals surface area contributed by atoms with Gasteiger partial charge < -0.3 is 0 Å². The van der Waals surface area contributed by atoms with E-state index in [0.29, 0.717) is 0 Å². The van der Waals surface area contributed by atoms with Crippen molar-refractivity contribution in [3.8, 4) is 0 Å². The molecule has 3 nitrogen and oxygen atoms in total. The second-order valence-electron chi connectivity index (χ2n) is 6.47. The normalized spacial score (nSPS) is 16.8. The van der Waals surface area contributed by atoms with E-state index in [1.807, 2.05) is 11.3 Å². The average Bonchev–Trinajstić information content (AvgIpc) is 3.06. The fourth-order valence-corrected chi connectivity index (χ4v) is 4.22. The van der Waals surface area contributed by atoms with Gasteiger partial charge in [-0.3, -0.25) is 9.80 Å². The van der Waals surface area contributed by atoms with Crippen LogP contribution in [0.2, 0.25) is 0 Å². The Morgan fingerprint density at radius 2 is 1.60 bits per heavy atom. The number of hydrogen-bond acceptors (Lipinski definition) is 4. The van der Waals surface area contributed by atoms with Crippen LogP contribution in [0.4, 0.5) is 0 Å². The van der Waals surface area contributed by atoms with Crippen molar-refractivity contribution < 1.29 is 0 Å². The van der Waals surface area contributed by atoms with Crippen molar-refractivity contribution in [1.82, 2.24) is 14.8 Å². The van der Waals surface area contributed by atoms with E-state index in [1.165, 1.54) is 15.3 Å². The number of piperazine rings is 1. The summed E-state index contributed by atoms with van der Waals surface area (Å²) in [6.07, 6.45) is 4.49. The molecule has 1 aromatic heterocycles. The molecule has 25 heavy (non-hydrogen) atoms. The lowest BCUT2D eigenvalue weighted by atomic mass is 10.2. The largest absolute Gasteiger partial charge is 0.297 e. The third-order valence-electron chi connectivity index (χ3n) is 4.64. The van der Waals surface area contributed by atoms with E-state index < -0.39 is 0 Å². The molecule has 0 amide bonds. The van der Waals surface area contributed by atoms with Gasteiger partial charge in [-0.25, -0.2) is 4.98 Å². The van der Waals surface area contributed by atoms with Crippen LogP contribution >= 0.6 is 11.3 Å². The van der Waals surface area contributed by atoms with Crippen LogP contribution in [-0.4, -0.2) is 47.5 Å². The summed E-state index contributed by atoms with van der Waals surface area (Å²) in [6, 6.07) is 18.9. The van der Waals surface area contributed by atoms with Gasteiger partial charge in [0.2, 0.25) is 0 Å². The van der Waals surface area contributed by atoms with Gasteiger partial charge in [0.1, 0.15) is 5.01 Å². The van der Waals surface area contributed by atoms with Crippen molar-refractivity contribution in [2.75, 3.05) is 32.7 Å². The van der Waals surface area contributed by atoms with Gasteiger partial charge in [0.05, 0.1) is 16.8 Å². The van der Waals surface area contributed by atoms with E-state index in [-0.39, 0.29) is 0 Å². The fraction of sp³-hybridized carbons (Fsp3) is 0.286. The number of nitrogens with zero attached hydrogens (tertiary/aromatic N) is 3. The summed E-state index contributed by atoms with van der Waals surface area (Å²) in [4.78, 5) is 9.81. The lowest BCUT2D eigenvalue weighted by Gasteiger charge is -2.33. The minimum absolute atomic E-state index is 0.979. The first kappa shape index (κ1) is 16.5. The number of hydrogen-bond donors (Lipinski definition) is 0. The quantitative estimate of drug-likeness (QED) is 0.690. The molecule has 2 aromatic carbocycles. The molecule has 3 aromatic rings. The Morgan fingerprint density at radius 1 is 0.880 bits per heavy atom. The summed E-state index contributed by atoms with van der Waals surface area (Å²) >= 11 is 1.83. The molecular formula is C21H23N3S. The summed E-state index contributed by atoms with van der Waals surface area (Å²) in [5.41, 5.74) is 2.41. The molecule has 2 heterocycles. The van der Waals surface area contributed by atoms with Crippen molar-refractivity contribution in [3.05, 3.63) is 71.2 Å². The van der Waals surface area contributed by atoms with Crippen LogP contribution in [-0.2, 0) is 6.54 Å². The Morgan fingerprint density at radius 3 is 2.40 bits per heavy atom. The lowest BCUT2D eigenvalue weighted by molar-refractivity contribution is 0.137. The maximum Gasteiger partial charge on any atom is 0.108 e. The zero-order valence-corrected chi connectivity index (χ0v) is 15.2. The smallest absolute Gasteiger partial charge is 0.108 e. The molecule has 128 valence electrons. The molecule has 0 atom stereocenters. The fourth-order valence-electron chi connectivity index (χ4n) is 3.21. The van der Waals surface area contributed by atoms with Gasteiger partial charge in [-0.1, -0.05) is 54.6 Å². The molecule has 4 rings (SSSR count). The van der Waals surface area contributed by atoms with Crippen molar-refractivity contribution in [2.24, 2.45) is 0 Å². The van der Waals surface area contributed by atoms with E-state index >= 15 is 0 Å². The molecule has 1 aliphatic heterocycles. The molecule has 1 saturated heterocycles. The highest BCUT2D eigenvalue weighted by Gasteiger charge is 2.17. The zero-order chi connectivity index (χ0) is 16.9. The van der Waals surface area contributed by atoms with Crippen molar-refractivity contribution in [3.63, 3.8) is 0 Å². The van der Waals surface area contributed by atoms with E-state index in [1.54, 1.807) is 0 Å². The number of benzene rings is 2. The first-order valence-corrected chi connectivity index (χ1v) is 9.69. The molecule has 0 saturated carbocycles. The third-order valence-corrected chi connectivity index (χ3v) is 5.66. The van der Waals surface area contributed by atoms with Crippen LogP contribution in [0.5, 0.6) is 0 Å². The predicted molar refractivity (Wildman–Crippen MR) is 107 cm³/mol. The highest BCUT2D eigenvalue weighted by molar-refractivity contribution is 7.18. The Bertz CT molecular complexity index is 799. The Balaban J connectivity index is 1.26. The summed E-state index contributed by atoms with van der Waals surface area (Å²) in [5.74, 6) is 0. The first-order chi connectivity index (χ1) is 12.4. The summed E-state index contributed by atoms with van der Waals surface area (Å²) < 4.78 is 1.29. The van der Waals surface area contributed by atoms with Gasteiger partial charge >= 0.3 is 0 Å². The molecule has 1 aliphatic rings. The molecule has 0 unspecified atom stereocenters. The topological polar surface area (TPSA) is 19.4 Å². The molecule has 0 N–H and O–H groups in total. The second kappa shape index (κ2) is 7.91. The number of fused-ring (bicyclic) bond motifs is 1. The molecule has 1 fully saturated rings. The summed E-state index contributed by atoms with van der Waals surface area (Å²) in [5, 5.41) is 1.23. The molecule has 0 radical (unpaired) electrons. The van der Waals surface area contributed by atoms with Crippen LogP contribution in [0.1, 0.15) is 10.6 Å². The van der Waals surface area contributed by atoms with Gasteiger partial charge in [-0.05, 0) is 17.7 Å². The number of thiazole rings is 1. The predicted octanol–water partition coefficient (Wildman–Crippen LogP) is 4.13. The first-order valence-electron chi connectivity index (χ1n) is 8.87. The Kier molecular flexibility index (Phi) is 5.21. The standard InChI is InChI=1S/C21H23N3S/c1-2-7-18(8-3-1)9-6-12-23-13-15-24(16-14-23)17-21-22-19-10-4-5-11-20(19)25-21/h1-11H,12-17H2/b9-6+. The van der Waals surface area contributed by atoms with Gasteiger partial charge in [0.15, 0.2) is 0 Å². The maximum absolute atomic E-state index is 4.76. The molecule has 0 aliphatic carbocycles. The molecular weight excluding hydrogens is 326 g/mol. The number of para-hydroxylation sites is 1.